The number of nitrogens with two attached hydrogens (primary N) is 1. The first-order chi connectivity index (χ1) is 11.0. The summed E-state index contributed by atoms with van der Waals surface area (Å²) < 4.78 is 11.4. The molecule has 0 amide bonds. The minimum atomic E-state index is -0.468. The van der Waals surface area contributed by atoms with Gasteiger partial charge in [0.15, 0.2) is 23.3 Å². The number of likely N-dealkylation sites (N-methyl/N-ethyl adjacent to an activating group) is 1. The van der Waals surface area contributed by atoms with Gasteiger partial charge in [0.2, 0.25) is 0 Å². The normalized spacial score (nSPS) is 11.5. The van der Waals surface area contributed by atoms with E-state index in [9.17, 15) is 4.79 Å². The van der Waals surface area contributed by atoms with Crippen molar-refractivity contribution in [3.8, 4) is 17.2 Å². The number of aromatic amines is 1. The van der Waals surface area contributed by atoms with Crippen molar-refractivity contribution in [3.63, 3.8) is 0 Å². The van der Waals surface area contributed by atoms with Gasteiger partial charge >= 0.3 is 5.69 Å². The molecule has 0 atom stereocenters. The number of guanidine groups is 1. The molecule has 1 aromatic heterocycles. The van der Waals surface area contributed by atoms with Crippen molar-refractivity contribution in [1.29, 1.82) is 5.41 Å². The molecule has 0 unspecified atom stereocenters. The molecule has 1 aliphatic rings. The van der Waals surface area contributed by atoms with Gasteiger partial charge in [0.25, 0.3) is 0 Å². The minimum Gasteiger partial charge on any atom is -0.489 e. The summed E-state index contributed by atoms with van der Waals surface area (Å²) in [6.07, 6.45) is 1.36. The van der Waals surface area contributed by atoms with Crippen LogP contribution in [0.5, 0.6) is 17.2 Å². The van der Waals surface area contributed by atoms with E-state index in [1.54, 1.807) is 30.1 Å². The Morgan fingerprint density at radius 1 is 1.48 bits per heavy atom. The number of nitrogens with one attached hydrogen (secondary N) is 3. The first kappa shape index (κ1) is 14.7. The zero-order valence-electron chi connectivity index (χ0n) is 12.4. The molecule has 23 heavy (non-hydrogen) atoms. The van der Waals surface area contributed by atoms with Gasteiger partial charge in [0.1, 0.15) is 18.0 Å². The molecule has 0 spiro atoms. The molecule has 5 N–H and O–H groups in total. The van der Waals surface area contributed by atoms with E-state index in [-0.39, 0.29) is 5.96 Å². The Balaban J connectivity index is 1.78. The Bertz CT molecular complexity index is 803. The number of hydrogen-bond acceptors (Lipinski definition) is 6. The van der Waals surface area contributed by atoms with E-state index >= 15 is 0 Å². The number of H-pyrrole nitrogens is 1. The highest BCUT2D eigenvalue weighted by atomic mass is 16.5. The Hall–Kier alpha value is -3.23. The molecular weight excluding hydrogens is 300 g/mol. The summed E-state index contributed by atoms with van der Waals surface area (Å²) in [5, 5.41) is 10.4. The molecular formula is C14H16N6O3. The van der Waals surface area contributed by atoms with E-state index in [1.165, 1.54) is 6.20 Å². The summed E-state index contributed by atoms with van der Waals surface area (Å²) in [6.45, 7) is 0.811. The van der Waals surface area contributed by atoms with Crippen LogP contribution in [0.3, 0.4) is 0 Å². The number of para-hydroxylation sites is 1. The predicted molar refractivity (Wildman–Crippen MR) is 84.7 cm³/mol. The molecule has 3 rings (SSSR count). The summed E-state index contributed by atoms with van der Waals surface area (Å²) in [5.74, 6) is 1.98. The summed E-state index contributed by atoms with van der Waals surface area (Å²) in [4.78, 5) is 19.1. The maximum Gasteiger partial charge on any atom is 0.346 e. The Morgan fingerprint density at radius 2 is 2.30 bits per heavy atom. The number of fused-ring (bicyclic) bond motifs is 2. The lowest BCUT2D eigenvalue weighted by Crippen LogP contribution is -2.35. The molecule has 9 nitrogen and oxygen atoms in total. The monoisotopic (exact) mass is 316 g/mol. The van der Waals surface area contributed by atoms with E-state index in [0.29, 0.717) is 41.9 Å². The van der Waals surface area contributed by atoms with E-state index in [2.05, 4.69) is 15.3 Å². The third kappa shape index (κ3) is 3.03. The zero-order valence-corrected chi connectivity index (χ0v) is 12.4. The van der Waals surface area contributed by atoms with E-state index in [0.717, 1.165) is 0 Å². The van der Waals surface area contributed by atoms with Crippen molar-refractivity contribution in [2.45, 2.75) is 0 Å². The lowest BCUT2D eigenvalue weighted by Gasteiger charge is -2.23. The Labute approximate surface area is 131 Å². The summed E-state index contributed by atoms with van der Waals surface area (Å²) in [6, 6.07) is 5.37. The van der Waals surface area contributed by atoms with Crippen LogP contribution in [0.15, 0.2) is 29.2 Å². The minimum absolute atomic E-state index is 0.0239. The smallest absolute Gasteiger partial charge is 0.346 e. The van der Waals surface area contributed by atoms with Gasteiger partial charge in [-0.05, 0) is 12.1 Å². The van der Waals surface area contributed by atoms with Gasteiger partial charge in [-0.2, -0.15) is 4.98 Å². The van der Waals surface area contributed by atoms with Crippen LogP contribution in [0.25, 0.3) is 0 Å². The van der Waals surface area contributed by atoms with Crippen molar-refractivity contribution in [3.05, 3.63) is 34.9 Å². The fourth-order valence-electron chi connectivity index (χ4n) is 2.05. The molecule has 9 heteroatoms. The predicted octanol–water partition coefficient (Wildman–Crippen LogP) is 0.823. The number of nitrogens with zero attached hydrogens (tertiary/aromatic N) is 2. The first-order valence-electron chi connectivity index (χ1n) is 6.90. The van der Waals surface area contributed by atoms with E-state index < -0.39 is 5.69 Å². The lowest BCUT2D eigenvalue weighted by molar-refractivity contribution is 0.283. The van der Waals surface area contributed by atoms with Crippen LogP contribution >= 0.6 is 0 Å². The molecule has 2 heterocycles. The van der Waals surface area contributed by atoms with Gasteiger partial charge in [-0.1, -0.05) is 6.07 Å². The maximum atomic E-state index is 11.3. The average molecular weight is 316 g/mol. The highest BCUT2D eigenvalue weighted by Gasteiger charge is 2.21. The topological polar surface area (TPSA) is 129 Å². The molecule has 0 bridgehead atoms. The van der Waals surface area contributed by atoms with Crippen molar-refractivity contribution in [2.24, 2.45) is 5.73 Å². The quantitative estimate of drug-likeness (QED) is 0.414. The second-order valence-electron chi connectivity index (χ2n) is 4.94. The van der Waals surface area contributed by atoms with Gasteiger partial charge in [-0.3, -0.25) is 10.4 Å². The fourth-order valence-corrected chi connectivity index (χ4v) is 2.05. The number of rotatable bonds is 4. The molecule has 0 fully saturated rings. The van der Waals surface area contributed by atoms with Crippen LogP contribution in [0.4, 0.5) is 11.5 Å². The van der Waals surface area contributed by atoms with Gasteiger partial charge in [-0.15, -0.1) is 0 Å². The van der Waals surface area contributed by atoms with Crippen LogP contribution < -0.4 is 26.2 Å². The molecule has 0 radical (unpaired) electrons. The SMILES string of the molecule is CN(CCOc1cccc2c1Nc1[nH]c(=O)ncc1O2)C(=N)N. The standard InChI is InChI=1S/C14H16N6O3/c1-20(13(15)16)5-6-22-8-3-2-4-9-11(8)18-12-10(23-9)7-17-14(21)19-12/h2-4,7H,5-6H2,1H3,(H3,15,16)(H2,17,18,19,21). The molecule has 0 saturated carbocycles. The molecule has 2 aromatic rings. The highest BCUT2D eigenvalue weighted by Crippen LogP contribution is 2.44. The Kier molecular flexibility index (Phi) is 3.75. The zero-order chi connectivity index (χ0) is 16.4. The van der Waals surface area contributed by atoms with Crippen LogP contribution in [0.2, 0.25) is 0 Å². The second-order valence-corrected chi connectivity index (χ2v) is 4.94. The number of anilines is 2. The molecule has 0 aliphatic carbocycles. The van der Waals surface area contributed by atoms with Gasteiger partial charge < -0.3 is 25.4 Å². The largest absolute Gasteiger partial charge is 0.489 e. The third-order valence-corrected chi connectivity index (χ3v) is 3.33. The fraction of sp³-hybridized carbons (Fsp3) is 0.214. The van der Waals surface area contributed by atoms with Gasteiger partial charge in [0.05, 0.1) is 12.7 Å². The molecule has 0 saturated heterocycles. The van der Waals surface area contributed by atoms with Gasteiger partial charge in [-0.25, -0.2) is 4.79 Å². The van der Waals surface area contributed by atoms with Gasteiger partial charge in [0, 0.05) is 7.05 Å². The van der Waals surface area contributed by atoms with Crippen LogP contribution in [0, 0.1) is 5.41 Å². The number of ether oxygens (including phenoxy) is 2. The molecule has 120 valence electrons. The second kappa shape index (κ2) is 5.87. The van der Waals surface area contributed by atoms with E-state index in [4.69, 9.17) is 20.6 Å². The molecule has 1 aliphatic heterocycles. The van der Waals surface area contributed by atoms with Crippen LogP contribution in [-0.4, -0.2) is 41.0 Å². The average Bonchev–Trinajstić information content (AvgIpc) is 2.53. The van der Waals surface area contributed by atoms with Crippen molar-refractivity contribution in [2.75, 3.05) is 25.5 Å². The van der Waals surface area contributed by atoms with Crippen LogP contribution in [-0.2, 0) is 0 Å². The third-order valence-electron chi connectivity index (χ3n) is 3.33. The van der Waals surface area contributed by atoms with Crippen molar-refractivity contribution < 1.29 is 9.47 Å². The molecule has 1 aromatic carbocycles. The van der Waals surface area contributed by atoms with Crippen LogP contribution in [0.1, 0.15) is 0 Å². The number of benzene rings is 1. The van der Waals surface area contributed by atoms with Crippen molar-refractivity contribution in [1.82, 2.24) is 14.9 Å². The summed E-state index contributed by atoms with van der Waals surface area (Å²) in [5.41, 5.74) is 5.53. The van der Waals surface area contributed by atoms with E-state index in [1.807, 2.05) is 0 Å². The lowest BCUT2D eigenvalue weighted by atomic mass is 10.2. The highest BCUT2D eigenvalue weighted by molar-refractivity contribution is 5.77. The summed E-state index contributed by atoms with van der Waals surface area (Å²) >= 11 is 0. The number of hydrogen-bond donors (Lipinski definition) is 4. The maximum absolute atomic E-state index is 11.3. The Morgan fingerprint density at radius 3 is 3.09 bits per heavy atom. The summed E-state index contributed by atoms with van der Waals surface area (Å²) in [7, 11) is 1.71. The first-order valence-corrected chi connectivity index (χ1v) is 6.90. The number of aromatic nitrogens is 2. The van der Waals surface area contributed by atoms with Crippen molar-refractivity contribution >= 4 is 17.5 Å².